The molecule has 8 nitrogen and oxygen atoms in total. The lowest BCUT2D eigenvalue weighted by Gasteiger charge is -2.08. The predicted octanol–water partition coefficient (Wildman–Crippen LogP) is 2.78. The smallest absolute Gasteiger partial charge is 0.303 e. The minimum atomic E-state index is -0.508. The Hall–Kier alpha value is -4.20. The van der Waals surface area contributed by atoms with Crippen LogP contribution in [0.25, 0.3) is 17.2 Å². The summed E-state index contributed by atoms with van der Waals surface area (Å²) in [5, 5.41) is 4.20. The van der Waals surface area contributed by atoms with E-state index < -0.39 is 11.2 Å². The standard InChI is InChI=1S/C23H22N6O2/c1-28-20-19(21(30)26-23(28)31)29(16-14-18-11-6-3-7-12-18)22(25-20)27-24-15-8-13-17-9-4-2-5-10-17/h2-13,15H,14,16H2,1H3,(H,25,27)(H,26,30,31)/b13-8+,24-15?. The largest absolute Gasteiger partial charge is 0.329 e. The van der Waals surface area contributed by atoms with Crippen molar-refractivity contribution in [3.63, 3.8) is 0 Å². The molecule has 2 heterocycles. The van der Waals surface area contributed by atoms with Crippen molar-refractivity contribution in [2.45, 2.75) is 13.0 Å². The van der Waals surface area contributed by atoms with Gasteiger partial charge in [0.15, 0.2) is 11.2 Å². The molecule has 0 aliphatic carbocycles. The van der Waals surface area contributed by atoms with Crippen LogP contribution in [0.3, 0.4) is 0 Å². The molecule has 0 bridgehead atoms. The van der Waals surface area contributed by atoms with Crippen LogP contribution in [-0.2, 0) is 20.0 Å². The number of aryl methyl sites for hydroxylation is 3. The number of hydrazone groups is 1. The zero-order valence-corrected chi connectivity index (χ0v) is 17.0. The SMILES string of the molecule is Cn1c(=O)[nH]c(=O)c2c1nc(NN=C/C=C/c1ccccc1)n2CCc1ccccc1. The number of aromatic nitrogens is 4. The van der Waals surface area contributed by atoms with Crippen molar-refractivity contribution in [3.05, 3.63) is 98.7 Å². The molecular formula is C23H22N6O2. The van der Waals surface area contributed by atoms with Crippen LogP contribution in [0.2, 0.25) is 0 Å². The van der Waals surface area contributed by atoms with Crippen molar-refractivity contribution in [1.29, 1.82) is 0 Å². The quantitative estimate of drug-likeness (QED) is 0.359. The number of hydrogen-bond acceptors (Lipinski definition) is 5. The number of fused-ring (bicyclic) bond motifs is 1. The number of nitrogens with one attached hydrogen (secondary N) is 2. The van der Waals surface area contributed by atoms with Gasteiger partial charge in [0.05, 0.1) is 0 Å². The Labute approximate surface area is 178 Å². The average Bonchev–Trinajstić information content (AvgIpc) is 3.16. The number of allylic oxidation sites excluding steroid dienone is 1. The molecule has 0 amide bonds. The minimum absolute atomic E-state index is 0.305. The third kappa shape index (κ3) is 4.53. The van der Waals surface area contributed by atoms with E-state index in [2.05, 4.69) is 20.5 Å². The summed E-state index contributed by atoms with van der Waals surface area (Å²) >= 11 is 0. The summed E-state index contributed by atoms with van der Waals surface area (Å²) in [6.45, 7) is 0.500. The van der Waals surface area contributed by atoms with Crippen LogP contribution in [0.4, 0.5) is 5.95 Å². The first-order valence-corrected chi connectivity index (χ1v) is 9.88. The molecule has 4 rings (SSSR count). The fraction of sp³-hybridized carbons (Fsp3) is 0.130. The van der Waals surface area contributed by atoms with Crippen LogP contribution in [0.1, 0.15) is 11.1 Å². The molecule has 0 fully saturated rings. The third-order valence-electron chi connectivity index (χ3n) is 4.89. The normalized spacial score (nSPS) is 11.6. The van der Waals surface area contributed by atoms with Crippen LogP contribution in [0.15, 0.2) is 81.4 Å². The maximum absolute atomic E-state index is 12.5. The number of hydrogen-bond donors (Lipinski definition) is 2. The van der Waals surface area contributed by atoms with E-state index in [1.807, 2.05) is 72.8 Å². The van der Waals surface area contributed by atoms with Gasteiger partial charge >= 0.3 is 5.69 Å². The predicted molar refractivity (Wildman–Crippen MR) is 123 cm³/mol. The van der Waals surface area contributed by atoms with Crippen LogP contribution < -0.4 is 16.7 Å². The minimum Gasteiger partial charge on any atom is -0.303 e. The summed E-state index contributed by atoms with van der Waals surface area (Å²) < 4.78 is 3.07. The van der Waals surface area contributed by atoms with Crippen molar-refractivity contribution in [1.82, 2.24) is 19.1 Å². The summed E-state index contributed by atoms with van der Waals surface area (Å²) in [6, 6.07) is 19.8. The first-order chi connectivity index (χ1) is 15.1. The molecule has 0 radical (unpaired) electrons. The van der Waals surface area contributed by atoms with Gasteiger partial charge in [-0.05, 0) is 23.6 Å². The van der Waals surface area contributed by atoms with E-state index in [1.165, 1.54) is 4.57 Å². The second-order valence-electron chi connectivity index (χ2n) is 6.97. The van der Waals surface area contributed by atoms with E-state index in [4.69, 9.17) is 0 Å². The zero-order chi connectivity index (χ0) is 21.6. The Morgan fingerprint density at radius 1 is 1.06 bits per heavy atom. The molecule has 4 aromatic rings. The van der Waals surface area contributed by atoms with Crippen LogP contribution in [-0.4, -0.2) is 25.3 Å². The maximum Gasteiger partial charge on any atom is 0.329 e. The highest BCUT2D eigenvalue weighted by Crippen LogP contribution is 2.16. The van der Waals surface area contributed by atoms with Crippen LogP contribution >= 0.6 is 0 Å². The number of benzene rings is 2. The molecular weight excluding hydrogens is 392 g/mol. The molecule has 2 aromatic heterocycles. The van der Waals surface area contributed by atoms with Gasteiger partial charge < -0.3 is 4.57 Å². The highest BCUT2D eigenvalue weighted by molar-refractivity contribution is 5.79. The average molecular weight is 414 g/mol. The first kappa shape index (κ1) is 20.1. The Balaban J connectivity index is 1.63. The van der Waals surface area contributed by atoms with Crippen molar-refractivity contribution in [3.8, 4) is 0 Å². The van der Waals surface area contributed by atoms with Gasteiger partial charge in [0.25, 0.3) is 5.56 Å². The highest BCUT2D eigenvalue weighted by Gasteiger charge is 2.17. The van der Waals surface area contributed by atoms with Crippen LogP contribution in [0.5, 0.6) is 0 Å². The van der Waals surface area contributed by atoms with E-state index in [9.17, 15) is 9.59 Å². The number of imidazole rings is 1. The Morgan fingerprint density at radius 2 is 1.77 bits per heavy atom. The molecule has 2 N–H and O–H groups in total. The molecule has 0 saturated heterocycles. The number of H-pyrrole nitrogens is 1. The molecule has 0 unspecified atom stereocenters. The van der Waals surface area contributed by atoms with Gasteiger partial charge in [-0.15, -0.1) is 0 Å². The molecule has 0 aliphatic rings. The molecule has 0 spiro atoms. The van der Waals surface area contributed by atoms with E-state index in [-0.39, 0.29) is 0 Å². The summed E-state index contributed by atoms with van der Waals surface area (Å²) in [7, 11) is 1.57. The van der Waals surface area contributed by atoms with Crippen molar-refractivity contribution in [2.75, 3.05) is 5.43 Å². The van der Waals surface area contributed by atoms with E-state index in [0.29, 0.717) is 30.1 Å². The Kier molecular flexibility index (Phi) is 5.89. The van der Waals surface area contributed by atoms with Crippen LogP contribution in [0, 0.1) is 0 Å². The molecule has 0 aliphatic heterocycles. The lowest BCUT2D eigenvalue weighted by Crippen LogP contribution is -2.29. The molecule has 31 heavy (non-hydrogen) atoms. The van der Waals surface area contributed by atoms with Gasteiger partial charge in [0, 0.05) is 19.8 Å². The van der Waals surface area contributed by atoms with Gasteiger partial charge in [-0.3, -0.25) is 14.3 Å². The van der Waals surface area contributed by atoms with Gasteiger partial charge in [-0.2, -0.15) is 10.1 Å². The third-order valence-corrected chi connectivity index (χ3v) is 4.89. The van der Waals surface area contributed by atoms with Gasteiger partial charge in [-0.1, -0.05) is 66.7 Å². The van der Waals surface area contributed by atoms with Gasteiger partial charge in [-0.25, -0.2) is 10.2 Å². The fourth-order valence-corrected chi connectivity index (χ4v) is 3.28. The summed E-state index contributed by atoms with van der Waals surface area (Å²) in [6.07, 6.45) is 6.04. The molecule has 2 aromatic carbocycles. The maximum atomic E-state index is 12.5. The second kappa shape index (κ2) is 9.08. The van der Waals surface area contributed by atoms with E-state index >= 15 is 0 Å². The Morgan fingerprint density at radius 3 is 2.52 bits per heavy atom. The molecule has 0 atom stereocenters. The second-order valence-corrected chi connectivity index (χ2v) is 6.97. The van der Waals surface area contributed by atoms with Crippen molar-refractivity contribution < 1.29 is 0 Å². The highest BCUT2D eigenvalue weighted by atomic mass is 16.2. The van der Waals surface area contributed by atoms with Gasteiger partial charge in [0.2, 0.25) is 5.95 Å². The number of anilines is 1. The molecule has 0 saturated carbocycles. The zero-order valence-electron chi connectivity index (χ0n) is 17.0. The van der Waals surface area contributed by atoms with Crippen molar-refractivity contribution in [2.24, 2.45) is 12.1 Å². The fourth-order valence-electron chi connectivity index (χ4n) is 3.28. The summed E-state index contributed by atoms with van der Waals surface area (Å²) in [5.74, 6) is 0.391. The number of nitrogens with zero attached hydrogens (tertiary/aromatic N) is 4. The summed E-state index contributed by atoms with van der Waals surface area (Å²) in [4.78, 5) is 31.3. The topological polar surface area (TPSA) is 97.1 Å². The van der Waals surface area contributed by atoms with Gasteiger partial charge in [0.1, 0.15) is 0 Å². The number of aromatic amines is 1. The number of rotatable bonds is 7. The Bertz CT molecular complexity index is 1350. The molecule has 156 valence electrons. The van der Waals surface area contributed by atoms with Crippen molar-refractivity contribution >= 4 is 29.4 Å². The first-order valence-electron chi connectivity index (χ1n) is 9.88. The van der Waals surface area contributed by atoms with E-state index in [0.717, 1.165) is 11.1 Å². The molecule has 8 heteroatoms. The lowest BCUT2D eigenvalue weighted by atomic mass is 10.1. The summed E-state index contributed by atoms with van der Waals surface area (Å²) in [5.41, 5.74) is 4.75. The lowest BCUT2D eigenvalue weighted by molar-refractivity contribution is 0.716. The van der Waals surface area contributed by atoms with E-state index in [1.54, 1.807) is 17.8 Å². The monoisotopic (exact) mass is 414 g/mol.